The third-order valence-electron chi connectivity index (χ3n) is 1.90. The summed E-state index contributed by atoms with van der Waals surface area (Å²) in [6.45, 7) is 4.40. The van der Waals surface area contributed by atoms with Crippen molar-refractivity contribution in [2.24, 2.45) is 0 Å². The number of benzene rings is 1. The molecule has 0 aliphatic heterocycles. The highest BCUT2D eigenvalue weighted by Gasteiger charge is 2.05. The number of ketones is 1. The zero-order valence-corrected chi connectivity index (χ0v) is 8.58. The van der Waals surface area contributed by atoms with Gasteiger partial charge in [0.1, 0.15) is 0 Å². The van der Waals surface area contributed by atoms with Gasteiger partial charge in [0.05, 0.1) is 6.54 Å². The third-order valence-corrected chi connectivity index (χ3v) is 1.90. The van der Waals surface area contributed by atoms with Crippen LogP contribution in [0.25, 0.3) is 0 Å². The van der Waals surface area contributed by atoms with Crippen molar-refractivity contribution < 1.29 is 4.79 Å². The van der Waals surface area contributed by atoms with Crippen LogP contribution in [0.5, 0.6) is 0 Å². The lowest BCUT2D eigenvalue weighted by Gasteiger charge is -2.06. The average molecular weight is 192 g/mol. The molecule has 3 N–H and O–H groups in total. The summed E-state index contributed by atoms with van der Waals surface area (Å²) >= 11 is 0. The molecule has 0 fully saturated rings. The molecule has 1 rings (SSSR count). The van der Waals surface area contributed by atoms with Gasteiger partial charge in [0, 0.05) is 17.3 Å². The number of Topliss-reactive ketones (excluding diaryl/α,β-unsaturated/α-hetero) is 1. The van der Waals surface area contributed by atoms with Crippen molar-refractivity contribution >= 4 is 11.5 Å². The average Bonchev–Trinajstić information content (AvgIpc) is 2.15. The molecule has 0 aromatic heterocycles. The standard InChI is InChI=1S/C11H16N2O/c1-8(2)13-7-11(14)9-3-5-10(12)6-4-9/h3-6,8,13H,7,12H2,1-2H3. The lowest BCUT2D eigenvalue weighted by molar-refractivity contribution is 0.0988. The van der Waals surface area contributed by atoms with Crippen LogP contribution in [-0.2, 0) is 0 Å². The maximum absolute atomic E-state index is 11.6. The fourth-order valence-electron chi connectivity index (χ4n) is 1.07. The maximum Gasteiger partial charge on any atom is 0.176 e. The lowest BCUT2D eigenvalue weighted by Crippen LogP contribution is -2.29. The second-order valence-electron chi connectivity index (χ2n) is 3.58. The van der Waals surface area contributed by atoms with Gasteiger partial charge >= 0.3 is 0 Å². The molecule has 0 saturated carbocycles. The van der Waals surface area contributed by atoms with Crippen molar-refractivity contribution in [2.75, 3.05) is 12.3 Å². The first-order chi connectivity index (χ1) is 6.59. The minimum Gasteiger partial charge on any atom is -0.399 e. The Hall–Kier alpha value is -1.35. The Morgan fingerprint density at radius 1 is 1.36 bits per heavy atom. The van der Waals surface area contributed by atoms with E-state index in [1.807, 2.05) is 13.8 Å². The Kier molecular flexibility index (Phi) is 3.65. The maximum atomic E-state index is 11.6. The molecule has 0 spiro atoms. The molecule has 0 atom stereocenters. The van der Waals surface area contributed by atoms with Gasteiger partial charge in [-0.25, -0.2) is 0 Å². The first kappa shape index (κ1) is 10.7. The van der Waals surface area contributed by atoms with Crippen LogP contribution in [0.4, 0.5) is 5.69 Å². The number of nitrogen functional groups attached to an aromatic ring is 1. The summed E-state index contributed by atoms with van der Waals surface area (Å²) in [5, 5.41) is 3.08. The van der Waals surface area contributed by atoms with Gasteiger partial charge < -0.3 is 11.1 Å². The number of hydrogen-bond donors (Lipinski definition) is 2. The van der Waals surface area contributed by atoms with Crippen molar-refractivity contribution in [3.8, 4) is 0 Å². The molecule has 0 bridgehead atoms. The number of nitrogens with one attached hydrogen (secondary N) is 1. The molecule has 1 aromatic carbocycles. The van der Waals surface area contributed by atoms with E-state index < -0.39 is 0 Å². The summed E-state index contributed by atoms with van der Waals surface area (Å²) in [6.07, 6.45) is 0. The van der Waals surface area contributed by atoms with Gasteiger partial charge in [-0.05, 0) is 24.3 Å². The van der Waals surface area contributed by atoms with Gasteiger partial charge in [-0.15, -0.1) is 0 Å². The predicted molar refractivity (Wildman–Crippen MR) is 58.3 cm³/mol. The fourth-order valence-corrected chi connectivity index (χ4v) is 1.07. The van der Waals surface area contributed by atoms with E-state index in [-0.39, 0.29) is 5.78 Å². The molecular formula is C11H16N2O. The first-order valence-corrected chi connectivity index (χ1v) is 4.71. The highest BCUT2D eigenvalue weighted by atomic mass is 16.1. The largest absolute Gasteiger partial charge is 0.399 e. The molecule has 0 aliphatic rings. The summed E-state index contributed by atoms with van der Waals surface area (Å²) in [4.78, 5) is 11.6. The Labute approximate surface area is 84.3 Å². The SMILES string of the molecule is CC(C)NCC(=O)c1ccc(N)cc1. The topological polar surface area (TPSA) is 55.1 Å². The normalized spacial score (nSPS) is 10.5. The van der Waals surface area contributed by atoms with Crippen LogP contribution in [0.2, 0.25) is 0 Å². The predicted octanol–water partition coefficient (Wildman–Crippen LogP) is 1.45. The van der Waals surface area contributed by atoms with Gasteiger partial charge in [0.2, 0.25) is 0 Å². The highest BCUT2D eigenvalue weighted by Crippen LogP contribution is 2.05. The summed E-state index contributed by atoms with van der Waals surface area (Å²) in [5.41, 5.74) is 6.90. The second kappa shape index (κ2) is 4.77. The summed E-state index contributed by atoms with van der Waals surface area (Å²) in [5.74, 6) is 0.0960. The van der Waals surface area contributed by atoms with Crippen LogP contribution in [0.3, 0.4) is 0 Å². The molecule has 0 amide bonds. The molecule has 0 radical (unpaired) electrons. The highest BCUT2D eigenvalue weighted by molar-refractivity contribution is 5.97. The van der Waals surface area contributed by atoms with Crippen molar-refractivity contribution in [3.05, 3.63) is 29.8 Å². The number of carbonyl (C=O) groups is 1. The Morgan fingerprint density at radius 3 is 2.43 bits per heavy atom. The van der Waals surface area contributed by atoms with E-state index >= 15 is 0 Å². The van der Waals surface area contributed by atoms with E-state index in [4.69, 9.17) is 5.73 Å². The van der Waals surface area contributed by atoms with Crippen molar-refractivity contribution in [3.63, 3.8) is 0 Å². The van der Waals surface area contributed by atoms with Crippen LogP contribution < -0.4 is 11.1 Å². The van der Waals surface area contributed by atoms with E-state index in [9.17, 15) is 4.79 Å². The second-order valence-corrected chi connectivity index (χ2v) is 3.58. The Balaban J connectivity index is 2.57. The van der Waals surface area contributed by atoms with Gasteiger partial charge in [0.25, 0.3) is 0 Å². The van der Waals surface area contributed by atoms with Gasteiger partial charge in [0.15, 0.2) is 5.78 Å². The zero-order chi connectivity index (χ0) is 10.6. The van der Waals surface area contributed by atoms with E-state index in [0.717, 1.165) is 0 Å². The minimum absolute atomic E-state index is 0.0960. The summed E-state index contributed by atoms with van der Waals surface area (Å²) in [7, 11) is 0. The molecule has 0 saturated heterocycles. The summed E-state index contributed by atoms with van der Waals surface area (Å²) in [6, 6.07) is 7.30. The van der Waals surface area contributed by atoms with E-state index in [1.54, 1.807) is 24.3 Å². The number of nitrogens with two attached hydrogens (primary N) is 1. The fraction of sp³-hybridized carbons (Fsp3) is 0.364. The summed E-state index contributed by atoms with van der Waals surface area (Å²) < 4.78 is 0. The van der Waals surface area contributed by atoms with Gasteiger partial charge in [-0.2, -0.15) is 0 Å². The van der Waals surface area contributed by atoms with Crippen molar-refractivity contribution in [2.45, 2.75) is 19.9 Å². The van der Waals surface area contributed by atoms with Crippen molar-refractivity contribution in [1.82, 2.24) is 5.32 Å². The molecule has 0 aliphatic carbocycles. The minimum atomic E-state index is 0.0960. The molecule has 14 heavy (non-hydrogen) atoms. The van der Waals surface area contributed by atoms with E-state index in [1.165, 1.54) is 0 Å². The van der Waals surface area contributed by atoms with Crippen LogP contribution >= 0.6 is 0 Å². The van der Waals surface area contributed by atoms with E-state index in [2.05, 4.69) is 5.32 Å². The molecule has 0 unspecified atom stereocenters. The van der Waals surface area contributed by atoms with Gasteiger partial charge in [-0.3, -0.25) is 4.79 Å². The van der Waals surface area contributed by atoms with Crippen LogP contribution in [-0.4, -0.2) is 18.4 Å². The number of rotatable bonds is 4. The zero-order valence-electron chi connectivity index (χ0n) is 8.58. The molecule has 1 aromatic rings. The third kappa shape index (κ3) is 3.18. The first-order valence-electron chi connectivity index (χ1n) is 4.71. The number of anilines is 1. The van der Waals surface area contributed by atoms with Crippen molar-refractivity contribution in [1.29, 1.82) is 0 Å². The Morgan fingerprint density at radius 2 is 1.93 bits per heavy atom. The monoisotopic (exact) mass is 192 g/mol. The molecule has 3 nitrogen and oxygen atoms in total. The number of carbonyl (C=O) groups excluding carboxylic acids is 1. The van der Waals surface area contributed by atoms with E-state index in [0.29, 0.717) is 23.8 Å². The smallest absolute Gasteiger partial charge is 0.176 e. The molecule has 3 heteroatoms. The van der Waals surface area contributed by atoms with Crippen LogP contribution in [0.1, 0.15) is 24.2 Å². The molecule has 76 valence electrons. The van der Waals surface area contributed by atoms with Gasteiger partial charge in [-0.1, -0.05) is 13.8 Å². The molecule has 0 heterocycles. The quantitative estimate of drug-likeness (QED) is 0.560. The van der Waals surface area contributed by atoms with Crippen LogP contribution in [0.15, 0.2) is 24.3 Å². The van der Waals surface area contributed by atoms with Crippen LogP contribution in [0, 0.1) is 0 Å². The number of hydrogen-bond acceptors (Lipinski definition) is 3. The lowest BCUT2D eigenvalue weighted by atomic mass is 10.1. The molecular weight excluding hydrogens is 176 g/mol. The Bertz CT molecular complexity index is 304.